The molecule has 3 heterocycles. The zero-order valence-corrected chi connectivity index (χ0v) is 20.5. The van der Waals surface area contributed by atoms with E-state index < -0.39 is 0 Å². The molecule has 2 aromatic heterocycles. The van der Waals surface area contributed by atoms with E-state index in [1.54, 1.807) is 19.6 Å². The first-order chi connectivity index (χ1) is 15.7. The van der Waals surface area contributed by atoms with Crippen molar-refractivity contribution in [3.8, 4) is 17.6 Å². The number of anilines is 2. The molecule has 0 aliphatic carbocycles. The first-order valence-corrected chi connectivity index (χ1v) is 10.7. The molecular formula is C25H26Cl2N4O3. The van der Waals surface area contributed by atoms with Crippen LogP contribution < -0.4 is 14.8 Å². The lowest BCUT2D eigenvalue weighted by Gasteiger charge is -2.30. The monoisotopic (exact) mass is 500 g/mol. The van der Waals surface area contributed by atoms with E-state index >= 15 is 0 Å². The number of para-hydroxylation sites is 1. The van der Waals surface area contributed by atoms with E-state index in [-0.39, 0.29) is 30.9 Å². The third kappa shape index (κ3) is 4.85. The number of likely N-dealkylation sites (tertiary alicyclic amines) is 1. The van der Waals surface area contributed by atoms with Crippen molar-refractivity contribution in [2.24, 2.45) is 0 Å². The minimum absolute atomic E-state index is 0. The molecule has 1 aliphatic heterocycles. The minimum atomic E-state index is 0. The Labute approximate surface area is 210 Å². The summed E-state index contributed by atoms with van der Waals surface area (Å²) in [6.45, 7) is 1.97. The van der Waals surface area contributed by atoms with E-state index in [0.29, 0.717) is 28.3 Å². The topological polar surface area (TPSA) is 83.5 Å². The summed E-state index contributed by atoms with van der Waals surface area (Å²) >= 11 is 0. The highest BCUT2D eigenvalue weighted by molar-refractivity contribution is 6.03. The molecular weight excluding hydrogens is 475 g/mol. The number of aromatic nitrogens is 1. The van der Waals surface area contributed by atoms with Gasteiger partial charge in [-0.05, 0) is 32.0 Å². The summed E-state index contributed by atoms with van der Waals surface area (Å²) in [6, 6.07) is 13.8. The molecule has 0 radical (unpaired) electrons. The zero-order valence-electron chi connectivity index (χ0n) is 18.9. The average molecular weight is 501 g/mol. The number of piperidine rings is 1. The Kier molecular flexibility index (Phi) is 8.11. The molecule has 9 heteroatoms. The Morgan fingerprint density at radius 1 is 1.18 bits per heavy atom. The van der Waals surface area contributed by atoms with Crippen molar-refractivity contribution in [1.29, 1.82) is 5.26 Å². The highest BCUT2D eigenvalue weighted by atomic mass is 35.5. The first-order valence-electron chi connectivity index (χ1n) is 10.7. The lowest BCUT2D eigenvalue weighted by Crippen LogP contribution is -2.35. The summed E-state index contributed by atoms with van der Waals surface area (Å²) in [5.74, 6) is 1.32. The van der Waals surface area contributed by atoms with E-state index in [9.17, 15) is 5.26 Å². The molecule has 2 aromatic carbocycles. The fourth-order valence-electron chi connectivity index (χ4n) is 4.20. The smallest absolute Gasteiger partial charge is 0.157 e. The van der Waals surface area contributed by atoms with Gasteiger partial charge in [-0.15, -0.1) is 24.8 Å². The van der Waals surface area contributed by atoms with Gasteiger partial charge in [0.05, 0.1) is 41.2 Å². The molecule has 0 saturated carbocycles. The summed E-state index contributed by atoms with van der Waals surface area (Å²) in [4.78, 5) is 6.83. The maximum absolute atomic E-state index is 9.85. The van der Waals surface area contributed by atoms with Crippen molar-refractivity contribution in [3.05, 3.63) is 54.4 Å². The quantitative estimate of drug-likeness (QED) is 0.363. The summed E-state index contributed by atoms with van der Waals surface area (Å²) in [5.41, 5.74) is 3.28. The molecule has 178 valence electrons. The first kappa shape index (κ1) is 25.4. The fourth-order valence-corrected chi connectivity index (χ4v) is 4.20. The Balaban J connectivity index is 0.00000162. The predicted octanol–water partition coefficient (Wildman–Crippen LogP) is 5.92. The standard InChI is InChI=1S/C25H24N4O3.2ClH/c1-29-9-6-18(7-10-29)32-22-13-19(30-2)12-21-23(22)24(17(14-26)15-27-21)28-20-5-3-4-16-8-11-31-25(16)20;;/h3-5,8,11-13,15,18H,6-7,9-10H2,1-2H3,(H,27,28);2*1H. The lowest BCUT2D eigenvalue weighted by molar-refractivity contribution is 0.115. The molecule has 0 spiro atoms. The van der Waals surface area contributed by atoms with Gasteiger partial charge in [-0.1, -0.05) is 12.1 Å². The normalized spacial score (nSPS) is 14.1. The molecule has 1 saturated heterocycles. The number of nitrogens with one attached hydrogen (secondary N) is 1. The van der Waals surface area contributed by atoms with Gasteiger partial charge in [0.2, 0.25) is 0 Å². The molecule has 0 bridgehead atoms. The van der Waals surface area contributed by atoms with Crippen LogP contribution in [0.1, 0.15) is 18.4 Å². The van der Waals surface area contributed by atoms with E-state index in [1.165, 1.54) is 0 Å². The van der Waals surface area contributed by atoms with Crippen LogP contribution in [0, 0.1) is 11.3 Å². The second-order valence-electron chi connectivity index (χ2n) is 8.07. The molecule has 0 amide bonds. The van der Waals surface area contributed by atoms with Crippen LogP contribution in [0.15, 0.2) is 53.3 Å². The van der Waals surface area contributed by atoms with Crippen LogP contribution in [0.2, 0.25) is 0 Å². The lowest BCUT2D eigenvalue weighted by atomic mass is 10.1. The number of methoxy groups -OCH3 is 1. The summed E-state index contributed by atoms with van der Waals surface area (Å²) in [5, 5.41) is 15.0. The van der Waals surface area contributed by atoms with E-state index in [0.717, 1.165) is 48.0 Å². The second kappa shape index (κ2) is 10.8. The molecule has 0 atom stereocenters. The fraction of sp³-hybridized carbons (Fsp3) is 0.280. The van der Waals surface area contributed by atoms with Gasteiger partial charge in [0.1, 0.15) is 23.7 Å². The van der Waals surface area contributed by atoms with Crippen LogP contribution >= 0.6 is 24.8 Å². The third-order valence-corrected chi connectivity index (χ3v) is 5.96. The van der Waals surface area contributed by atoms with Crippen molar-refractivity contribution >= 4 is 58.1 Å². The van der Waals surface area contributed by atoms with Crippen LogP contribution in [0.25, 0.3) is 21.9 Å². The van der Waals surface area contributed by atoms with Crippen LogP contribution in [-0.2, 0) is 0 Å². The van der Waals surface area contributed by atoms with Gasteiger partial charge in [-0.25, -0.2) is 0 Å². The molecule has 1 fully saturated rings. The zero-order chi connectivity index (χ0) is 22.1. The Morgan fingerprint density at radius 3 is 2.71 bits per heavy atom. The number of benzene rings is 2. The Morgan fingerprint density at radius 2 is 1.97 bits per heavy atom. The van der Waals surface area contributed by atoms with Crippen molar-refractivity contribution in [1.82, 2.24) is 9.88 Å². The molecule has 7 nitrogen and oxygen atoms in total. The van der Waals surface area contributed by atoms with Gasteiger partial charge >= 0.3 is 0 Å². The van der Waals surface area contributed by atoms with Crippen LogP contribution in [0.3, 0.4) is 0 Å². The molecule has 5 rings (SSSR count). The number of hydrogen-bond donors (Lipinski definition) is 1. The summed E-state index contributed by atoms with van der Waals surface area (Å²) in [6.07, 6.45) is 5.20. The summed E-state index contributed by atoms with van der Waals surface area (Å²) < 4.78 is 17.7. The maximum atomic E-state index is 9.85. The number of nitrogens with zero attached hydrogens (tertiary/aromatic N) is 3. The molecule has 1 N–H and O–H groups in total. The number of rotatable bonds is 5. The number of ether oxygens (including phenoxy) is 2. The van der Waals surface area contributed by atoms with Crippen LogP contribution in [0.5, 0.6) is 11.5 Å². The molecule has 34 heavy (non-hydrogen) atoms. The number of hydrogen-bond acceptors (Lipinski definition) is 7. The van der Waals surface area contributed by atoms with E-state index in [1.807, 2.05) is 36.4 Å². The summed E-state index contributed by atoms with van der Waals surface area (Å²) in [7, 11) is 3.75. The predicted molar refractivity (Wildman–Crippen MR) is 138 cm³/mol. The number of furan rings is 1. The van der Waals surface area contributed by atoms with Crippen molar-refractivity contribution in [3.63, 3.8) is 0 Å². The van der Waals surface area contributed by atoms with Gasteiger partial charge in [-0.2, -0.15) is 5.26 Å². The van der Waals surface area contributed by atoms with Gasteiger partial charge < -0.3 is 24.1 Å². The molecule has 1 aliphatic rings. The number of fused-ring (bicyclic) bond motifs is 2. The maximum Gasteiger partial charge on any atom is 0.157 e. The SMILES string of the molecule is COc1cc(OC2CCN(C)CC2)c2c(Nc3cccc4ccoc34)c(C#N)cnc2c1.Cl.Cl. The second-order valence-corrected chi connectivity index (χ2v) is 8.07. The molecule has 4 aromatic rings. The van der Waals surface area contributed by atoms with Gasteiger partial charge in [0.15, 0.2) is 5.58 Å². The number of halogens is 2. The number of pyridine rings is 1. The van der Waals surface area contributed by atoms with Crippen LogP contribution in [0.4, 0.5) is 11.4 Å². The van der Waals surface area contributed by atoms with Gasteiger partial charge in [-0.3, -0.25) is 4.98 Å². The van der Waals surface area contributed by atoms with Crippen molar-refractivity contribution in [2.75, 3.05) is 32.6 Å². The van der Waals surface area contributed by atoms with E-state index in [2.05, 4.69) is 28.3 Å². The minimum Gasteiger partial charge on any atom is -0.497 e. The Bertz CT molecular complexity index is 1330. The highest BCUT2D eigenvalue weighted by Gasteiger charge is 2.22. The van der Waals surface area contributed by atoms with Gasteiger partial charge in [0.25, 0.3) is 0 Å². The highest BCUT2D eigenvalue weighted by Crippen LogP contribution is 2.40. The number of nitriles is 1. The van der Waals surface area contributed by atoms with Crippen molar-refractivity contribution < 1.29 is 13.9 Å². The largest absolute Gasteiger partial charge is 0.497 e. The van der Waals surface area contributed by atoms with E-state index in [4.69, 9.17) is 13.9 Å². The average Bonchev–Trinajstić information content (AvgIpc) is 3.30. The van der Waals surface area contributed by atoms with Crippen LogP contribution in [-0.4, -0.2) is 43.2 Å². The van der Waals surface area contributed by atoms with Gasteiger partial charge in [0, 0.05) is 36.8 Å². The third-order valence-electron chi connectivity index (χ3n) is 5.96. The molecule has 0 unspecified atom stereocenters. The van der Waals surface area contributed by atoms with Crippen molar-refractivity contribution in [2.45, 2.75) is 18.9 Å². The Hall–Kier alpha value is -3.18.